The van der Waals surface area contributed by atoms with Crippen LogP contribution in [0.25, 0.3) is 0 Å². The summed E-state index contributed by atoms with van der Waals surface area (Å²) in [5, 5.41) is 0. The molecule has 0 unspecified atom stereocenters. The lowest BCUT2D eigenvalue weighted by Gasteiger charge is -2.16. The summed E-state index contributed by atoms with van der Waals surface area (Å²) < 4.78 is 0. The van der Waals surface area contributed by atoms with E-state index in [0.717, 1.165) is 12.2 Å². The van der Waals surface area contributed by atoms with Gasteiger partial charge in [-0.2, -0.15) is 0 Å². The largest absolute Gasteiger partial charge is 0.294 e. The third-order valence-electron chi connectivity index (χ3n) is 2.78. The van der Waals surface area contributed by atoms with E-state index in [1.807, 2.05) is 12.3 Å². The Morgan fingerprint density at radius 1 is 1.20 bits per heavy atom. The smallest absolute Gasteiger partial charge is 0.133 e. The van der Waals surface area contributed by atoms with Gasteiger partial charge >= 0.3 is 0 Å². The lowest BCUT2D eigenvalue weighted by atomic mass is 9.96. The number of rotatable bonds is 3. The average Bonchev–Trinajstić information content (AvgIpc) is 2.32. The van der Waals surface area contributed by atoms with Gasteiger partial charge in [0.2, 0.25) is 0 Å². The maximum atomic E-state index is 4.57. The summed E-state index contributed by atoms with van der Waals surface area (Å²) in [5.74, 6) is 0.858. The van der Waals surface area contributed by atoms with Crippen LogP contribution < -0.4 is 0 Å². The first-order valence-electron chi connectivity index (χ1n) is 5.72. The number of hydrogen-bond donors (Lipinski definition) is 0. The normalized spacial score (nSPS) is 18.4. The zero-order valence-corrected chi connectivity index (χ0v) is 8.97. The minimum atomic E-state index is 0.558. The SMILES string of the molecule is C(Cc1ncccn1)=NC1CCCCC1. The maximum Gasteiger partial charge on any atom is 0.133 e. The zero-order valence-electron chi connectivity index (χ0n) is 8.97. The molecule has 0 atom stereocenters. The number of aromatic nitrogens is 2. The summed E-state index contributed by atoms with van der Waals surface area (Å²) in [7, 11) is 0. The van der Waals surface area contributed by atoms with Gasteiger partial charge in [-0.3, -0.25) is 4.99 Å². The van der Waals surface area contributed by atoms with E-state index in [1.165, 1.54) is 32.1 Å². The second-order valence-electron chi connectivity index (χ2n) is 3.99. The molecule has 1 aromatic heterocycles. The van der Waals surface area contributed by atoms with Crippen molar-refractivity contribution in [3.8, 4) is 0 Å². The summed E-state index contributed by atoms with van der Waals surface area (Å²) in [6, 6.07) is 2.39. The molecular formula is C12H17N3. The van der Waals surface area contributed by atoms with E-state index < -0.39 is 0 Å². The molecule has 15 heavy (non-hydrogen) atoms. The van der Waals surface area contributed by atoms with Crippen molar-refractivity contribution < 1.29 is 0 Å². The molecule has 0 saturated heterocycles. The van der Waals surface area contributed by atoms with Gasteiger partial charge < -0.3 is 0 Å². The van der Waals surface area contributed by atoms with E-state index in [9.17, 15) is 0 Å². The van der Waals surface area contributed by atoms with Gasteiger partial charge in [-0.25, -0.2) is 9.97 Å². The molecule has 1 saturated carbocycles. The van der Waals surface area contributed by atoms with Crippen LogP contribution in [0.5, 0.6) is 0 Å². The highest BCUT2D eigenvalue weighted by atomic mass is 14.9. The molecule has 1 fully saturated rings. The number of aliphatic imine (C=N–C) groups is 1. The Morgan fingerprint density at radius 3 is 2.67 bits per heavy atom. The molecule has 80 valence electrons. The summed E-state index contributed by atoms with van der Waals surface area (Å²) in [4.78, 5) is 12.9. The predicted octanol–water partition coefficient (Wildman–Crippen LogP) is 2.42. The van der Waals surface area contributed by atoms with Crippen molar-refractivity contribution in [1.29, 1.82) is 0 Å². The van der Waals surface area contributed by atoms with Gasteiger partial charge in [-0.15, -0.1) is 0 Å². The fourth-order valence-corrected chi connectivity index (χ4v) is 1.95. The lowest BCUT2D eigenvalue weighted by molar-refractivity contribution is 0.444. The van der Waals surface area contributed by atoms with Crippen molar-refractivity contribution in [2.45, 2.75) is 44.6 Å². The summed E-state index contributed by atoms with van der Waals surface area (Å²) >= 11 is 0. The van der Waals surface area contributed by atoms with Crippen LogP contribution in [0, 0.1) is 0 Å². The lowest BCUT2D eigenvalue weighted by Crippen LogP contribution is -2.10. The van der Waals surface area contributed by atoms with Crippen LogP contribution in [-0.2, 0) is 6.42 Å². The van der Waals surface area contributed by atoms with Gasteiger partial charge in [0.1, 0.15) is 5.82 Å². The Morgan fingerprint density at radius 2 is 1.93 bits per heavy atom. The van der Waals surface area contributed by atoms with Crippen molar-refractivity contribution in [2.24, 2.45) is 4.99 Å². The molecule has 2 rings (SSSR count). The van der Waals surface area contributed by atoms with Crippen LogP contribution >= 0.6 is 0 Å². The number of nitrogens with zero attached hydrogens (tertiary/aromatic N) is 3. The third kappa shape index (κ3) is 3.42. The van der Waals surface area contributed by atoms with Crippen LogP contribution in [-0.4, -0.2) is 22.2 Å². The Hall–Kier alpha value is -1.25. The van der Waals surface area contributed by atoms with Crippen molar-refractivity contribution >= 4 is 6.21 Å². The highest BCUT2D eigenvalue weighted by Crippen LogP contribution is 2.19. The highest BCUT2D eigenvalue weighted by Gasteiger charge is 2.10. The molecule has 0 spiro atoms. The van der Waals surface area contributed by atoms with Gasteiger partial charge in [0.25, 0.3) is 0 Å². The summed E-state index contributed by atoms with van der Waals surface area (Å²) in [6.07, 6.45) is 12.9. The number of hydrogen-bond acceptors (Lipinski definition) is 3. The molecule has 1 heterocycles. The van der Waals surface area contributed by atoms with Gasteiger partial charge in [-0.05, 0) is 18.9 Å². The minimum absolute atomic E-state index is 0.558. The molecule has 0 amide bonds. The molecule has 0 aromatic carbocycles. The maximum absolute atomic E-state index is 4.57. The van der Waals surface area contributed by atoms with Crippen molar-refractivity contribution in [2.75, 3.05) is 0 Å². The molecule has 1 aliphatic rings. The first kappa shape index (κ1) is 10.3. The van der Waals surface area contributed by atoms with E-state index in [1.54, 1.807) is 12.4 Å². The quantitative estimate of drug-likeness (QED) is 0.707. The Bertz CT molecular complexity index is 302. The van der Waals surface area contributed by atoms with Crippen LogP contribution in [0.3, 0.4) is 0 Å². The first-order valence-corrected chi connectivity index (χ1v) is 5.72. The van der Waals surface area contributed by atoms with Crippen LogP contribution in [0.2, 0.25) is 0 Å². The Labute approximate surface area is 90.7 Å². The van der Waals surface area contributed by atoms with Crippen LogP contribution in [0.15, 0.2) is 23.5 Å². The molecule has 3 heteroatoms. The highest BCUT2D eigenvalue weighted by molar-refractivity contribution is 5.60. The van der Waals surface area contributed by atoms with Gasteiger partial charge in [0.15, 0.2) is 0 Å². The molecule has 3 nitrogen and oxygen atoms in total. The van der Waals surface area contributed by atoms with E-state index in [0.29, 0.717) is 6.04 Å². The average molecular weight is 203 g/mol. The first-order chi connectivity index (χ1) is 7.45. The molecule has 0 aliphatic heterocycles. The third-order valence-corrected chi connectivity index (χ3v) is 2.78. The molecule has 1 aromatic rings. The van der Waals surface area contributed by atoms with Gasteiger partial charge in [-0.1, -0.05) is 19.3 Å². The second-order valence-corrected chi connectivity index (χ2v) is 3.99. The Kier molecular flexibility index (Phi) is 3.83. The summed E-state index contributed by atoms with van der Waals surface area (Å²) in [6.45, 7) is 0. The molecular weight excluding hydrogens is 186 g/mol. The van der Waals surface area contributed by atoms with Crippen molar-refractivity contribution in [3.05, 3.63) is 24.3 Å². The molecule has 0 radical (unpaired) electrons. The van der Waals surface area contributed by atoms with Crippen LogP contribution in [0.1, 0.15) is 37.9 Å². The monoisotopic (exact) mass is 203 g/mol. The molecule has 1 aliphatic carbocycles. The van der Waals surface area contributed by atoms with Gasteiger partial charge in [0, 0.05) is 31.1 Å². The standard InChI is InChI=1S/C12H17N3/c1-2-5-11(6-3-1)13-10-7-12-14-8-4-9-15-12/h4,8-11H,1-3,5-7H2. The Balaban J connectivity index is 1.79. The fourth-order valence-electron chi connectivity index (χ4n) is 1.95. The molecule has 0 N–H and O–H groups in total. The van der Waals surface area contributed by atoms with Crippen molar-refractivity contribution in [3.63, 3.8) is 0 Å². The van der Waals surface area contributed by atoms with Crippen LogP contribution in [0.4, 0.5) is 0 Å². The minimum Gasteiger partial charge on any atom is -0.294 e. The van der Waals surface area contributed by atoms with Crippen molar-refractivity contribution in [1.82, 2.24) is 9.97 Å². The predicted molar refractivity (Wildman–Crippen MR) is 61.1 cm³/mol. The molecule has 0 bridgehead atoms. The fraction of sp³-hybridized carbons (Fsp3) is 0.583. The van der Waals surface area contributed by atoms with E-state index >= 15 is 0 Å². The summed E-state index contributed by atoms with van der Waals surface area (Å²) in [5.41, 5.74) is 0. The topological polar surface area (TPSA) is 38.1 Å². The second kappa shape index (κ2) is 5.59. The van der Waals surface area contributed by atoms with E-state index in [4.69, 9.17) is 0 Å². The van der Waals surface area contributed by atoms with Gasteiger partial charge in [0.05, 0.1) is 0 Å². The zero-order chi connectivity index (χ0) is 10.3. The van der Waals surface area contributed by atoms with E-state index in [2.05, 4.69) is 15.0 Å². The van der Waals surface area contributed by atoms with E-state index in [-0.39, 0.29) is 0 Å².